The molecule has 0 spiro atoms. The van der Waals surface area contributed by atoms with E-state index < -0.39 is 11.9 Å². The quantitative estimate of drug-likeness (QED) is 0.388. The molecule has 6 nitrogen and oxygen atoms in total. The minimum atomic E-state index is -1.16. The Balaban J connectivity index is 1.68. The summed E-state index contributed by atoms with van der Waals surface area (Å²) in [4.78, 5) is 23.7. The lowest BCUT2D eigenvalue weighted by atomic mass is 10.0. The normalized spacial score (nSPS) is 11.6. The number of rotatable bonds is 4. The van der Waals surface area contributed by atoms with E-state index in [0.717, 1.165) is 11.1 Å². The third-order valence-electron chi connectivity index (χ3n) is 4.74. The lowest BCUT2D eigenvalue weighted by Crippen LogP contribution is -2.19. The summed E-state index contributed by atoms with van der Waals surface area (Å²) in [5.41, 5.74) is 3.06. The minimum absolute atomic E-state index is 0.0448. The van der Waals surface area contributed by atoms with E-state index in [1.165, 1.54) is 19.2 Å². The van der Waals surface area contributed by atoms with E-state index in [1.54, 1.807) is 6.07 Å². The molecule has 1 heterocycles. The fourth-order valence-electron chi connectivity index (χ4n) is 3.27. The summed E-state index contributed by atoms with van der Waals surface area (Å²) in [7, 11) is 1.48. The van der Waals surface area contributed by atoms with E-state index in [0.29, 0.717) is 33.6 Å². The zero-order chi connectivity index (χ0) is 21.4. The number of amides is 1. The number of hydrogen-bond acceptors (Lipinski definition) is 4. The number of carbonyl (C=O) groups excluding carboxylic acids is 1. The molecule has 0 bridgehead atoms. The molecule has 0 radical (unpaired) electrons. The molecule has 1 aliphatic rings. The Morgan fingerprint density at radius 2 is 1.73 bits per heavy atom. The molecular weight excluding hydrogens is 427 g/mol. The molecule has 0 atom stereocenters. The summed E-state index contributed by atoms with van der Waals surface area (Å²) in [5, 5.41) is 16.2. The third kappa shape index (κ3) is 3.79. The average molecular weight is 443 g/mol. The predicted octanol–water partition coefficient (Wildman–Crippen LogP) is 5.49. The van der Waals surface area contributed by atoms with Gasteiger partial charge in [0, 0.05) is 12.6 Å². The Bertz CT molecular complexity index is 1190. The van der Waals surface area contributed by atoms with Gasteiger partial charge in [0.15, 0.2) is 11.5 Å². The highest BCUT2D eigenvalue weighted by Crippen LogP contribution is 2.44. The van der Waals surface area contributed by atoms with Gasteiger partial charge in [-0.15, -0.1) is 0 Å². The Labute approximate surface area is 182 Å². The number of ether oxygens (including phenoxy) is 1. The third-order valence-corrected chi connectivity index (χ3v) is 5.48. The summed E-state index contributed by atoms with van der Waals surface area (Å²) in [6.45, 7) is 0. The van der Waals surface area contributed by atoms with E-state index in [-0.39, 0.29) is 16.9 Å². The molecular formula is C22H16Cl2N2O4. The second kappa shape index (κ2) is 7.89. The van der Waals surface area contributed by atoms with Gasteiger partial charge in [-0.1, -0.05) is 35.3 Å². The van der Waals surface area contributed by atoms with Crippen molar-refractivity contribution in [1.82, 2.24) is 5.32 Å². The molecule has 3 aromatic carbocycles. The van der Waals surface area contributed by atoms with Gasteiger partial charge in [0.25, 0.3) is 5.91 Å². The maximum atomic E-state index is 12.0. The van der Waals surface area contributed by atoms with Crippen molar-refractivity contribution >= 4 is 46.5 Å². The monoisotopic (exact) mass is 442 g/mol. The molecule has 8 heteroatoms. The van der Waals surface area contributed by atoms with Crippen LogP contribution < -0.4 is 15.4 Å². The lowest BCUT2D eigenvalue weighted by Gasteiger charge is -2.24. The van der Waals surface area contributed by atoms with Crippen LogP contribution in [0.1, 0.15) is 31.8 Å². The van der Waals surface area contributed by atoms with Crippen molar-refractivity contribution in [1.29, 1.82) is 0 Å². The first-order chi connectivity index (χ1) is 14.4. The number of anilines is 2. The zero-order valence-corrected chi connectivity index (χ0v) is 17.3. The van der Waals surface area contributed by atoms with Crippen molar-refractivity contribution in [2.45, 2.75) is 6.42 Å². The van der Waals surface area contributed by atoms with Crippen LogP contribution in [0, 0.1) is 0 Å². The van der Waals surface area contributed by atoms with Crippen molar-refractivity contribution in [3.8, 4) is 11.5 Å². The van der Waals surface area contributed by atoms with E-state index in [1.807, 2.05) is 30.3 Å². The molecule has 4 rings (SSSR count). The van der Waals surface area contributed by atoms with Gasteiger partial charge in [-0.3, -0.25) is 4.79 Å². The van der Waals surface area contributed by atoms with Crippen LogP contribution in [0.15, 0.2) is 48.5 Å². The van der Waals surface area contributed by atoms with Crippen molar-refractivity contribution in [3.05, 3.63) is 80.8 Å². The molecule has 0 fully saturated rings. The van der Waals surface area contributed by atoms with Gasteiger partial charge in [-0.05, 0) is 53.9 Å². The summed E-state index contributed by atoms with van der Waals surface area (Å²) in [5.74, 6) is -0.756. The van der Waals surface area contributed by atoms with Gasteiger partial charge in [0.2, 0.25) is 0 Å². The highest BCUT2D eigenvalue weighted by molar-refractivity contribution is 6.42. The average Bonchev–Trinajstić information content (AvgIpc) is 2.73. The molecule has 30 heavy (non-hydrogen) atoms. The number of carboxylic acids is 1. The van der Waals surface area contributed by atoms with Crippen LogP contribution in [0.4, 0.5) is 11.4 Å². The molecule has 3 aromatic rings. The van der Waals surface area contributed by atoms with E-state index in [2.05, 4.69) is 10.6 Å². The first kappa shape index (κ1) is 20.1. The van der Waals surface area contributed by atoms with Gasteiger partial charge in [-0.2, -0.15) is 0 Å². The predicted molar refractivity (Wildman–Crippen MR) is 116 cm³/mol. The van der Waals surface area contributed by atoms with Crippen molar-refractivity contribution in [2.75, 3.05) is 12.4 Å². The van der Waals surface area contributed by atoms with Gasteiger partial charge < -0.3 is 20.5 Å². The number of carboxylic acid groups (broad SMARTS) is 1. The Morgan fingerprint density at radius 1 is 1.00 bits per heavy atom. The number of halogens is 2. The highest BCUT2D eigenvalue weighted by Gasteiger charge is 2.25. The standard InChI is InChI=1S/C22H16Cl2N2O4/c1-25-21(27)13-9-14(22(28)29)20-19(10-13)30-18-8-12(3-5-17(18)26-20)6-11-2-4-15(23)16(24)7-11/h2-5,7-10,26H,6H2,1H3,(H,25,27)(H,28,29). The zero-order valence-electron chi connectivity index (χ0n) is 15.8. The topological polar surface area (TPSA) is 87.7 Å². The van der Waals surface area contributed by atoms with Crippen LogP contribution in [-0.4, -0.2) is 24.0 Å². The first-order valence-electron chi connectivity index (χ1n) is 9.01. The van der Waals surface area contributed by atoms with Crippen LogP contribution in [0.25, 0.3) is 0 Å². The summed E-state index contributed by atoms with van der Waals surface area (Å²) in [6, 6.07) is 13.9. The molecule has 0 aliphatic carbocycles. The van der Waals surface area contributed by atoms with Crippen molar-refractivity contribution in [3.63, 3.8) is 0 Å². The van der Waals surface area contributed by atoms with E-state index in [9.17, 15) is 14.7 Å². The molecule has 3 N–H and O–H groups in total. The maximum absolute atomic E-state index is 12.0. The van der Waals surface area contributed by atoms with Gasteiger partial charge in [-0.25, -0.2) is 4.79 Å². The minimum Gasteiger partial charge on any atom is -0.478 e. The van der Waals surface area contributed by atoms with Crippen LogP contribution in [-0.2, 0) is 6.42 Å². The first-order valence-corrected chi connectivity index (χ1v) is 9.76. The maximum Gasteiger partial charge on any atom is 0.337 e. The SMILES string of the molecule is CNC(=O)c1cc2c(c(C(=O)O)c1)Nc1ccc(Cc3ccc(Cl)c(Cl)c3)cc1O2. The number of hydrogen-bond donors (Lipinski definition) is 3. The van der Waals surface area contributed by atoms with E-state index in [4.69, 9.17) is 27.9 Å². The Morgan fingerprint density at radius 3 is 2.43 bits per heavy atom. The lowest BCUT2D eigenvalue weighted by molar-refractivity contribution is 0.0697. The number of aromatic carboxylic acids is 1. The number of nitrogens with one attached hydrogen (secondary N) is 2. The van der Waals surface area contributed by atoms with Crippen LogP contribution in [0.3, 0.4) is 0 Å². The molecule has 0 saturated carbocycles. The fourth-order valence-corrected chi connectivity index (χ4v) is 3.59. The van der Waals surface area contributed by atoms with Gasteiger partial charge in [0.05, 0.1) is 27.0 Å². The number of fused-ring (bicyclic) bond motifs is 2. The van der Waals surface area contributed by atoms with E-state index >= 15 is 0 Å². The Kier molecular flexibility index (Phi) is 5.28. The van der Waals surface area contributed by atoms with Crippen molar-refractivity contribution in [2.24, 2.45) is 0 Å². The molecule has 0 unspecified atom stereocenters. The van der Waals surface area contributed by atoms with Gasteiger partial charge in [0.1, 0.15) is 0 Å². The number of carbonyl (C=O) groups is 2. The molecule has 0 aromatic heterocycles. The molecule has 1 aliphatic heterocycles. The fraction of sp³-hybridized carbons (Fsp3) is 0.0909. The van der Waals surface area contributed by atoms with Crippen LogP contribution in [0.5, 0.6) is 11.5 Å². The highest BCUT2D eigenvalue weighted by atomic mass is 35.5. The van der Waals surface area contributed by atoms with Crippen LogP contribution >= 0.6 is 23.2 Å². The smallest absolute Gasteiger partial charge is 0.337 e. The molecule has 1 amide bonds. The van der Waals surface area contributed by atoms with Gasteiger partial charge >= 0.3 is 5.97 Å². The molecule has 152 valence electrons. The number of benzene rings is 3. The Hall–Kier alpha value is -3.22. The summed E-state index contributed by atoms with van der Waals surface area (Å²) >= 11 is 12.1. The summed E-state index contributed by atoms with van der Waals surface area (Å²) in [6.07, 6.45) is 0.610. The summed E-state index contributed by atoms with van der Waals surface area (Å²) < 4.78 is 5.97. The second-order valence-corrected chi connectivity index (χ2v) is 7.58. The van der Waals surface area contributed by atoms with Crippen LogP contribution in [0.2, 0.25) is 10.0 Å². The molecule has 0 saturated heterocycles. The second-order valence-electron chi connectivity index (χ2n) is 6.76. The van der Waals surface area contributed by atoms with Crippen molar-refractivity contribution < 1.29 is 19.4 Å². The largest absolute Gasteiger partial charge is 0.478 e.